The molecular weight excluding hydrogens is 321 g/mol. The molecule has 1 N–H and O–H groups in total. The highest BCUT2D eigenvalue weighted by Gasteiger charge is 2.32. The van der Waals surface area contributed by atoms with Crippen LogP contribution in [0, 0.1) is 5.95 Å². The van der Waals surface area contributed by atoms with Crippen LogP contribution in [-0.4, -0.2) is 28.2 Å². The molecule has 6 heteroatoms. The number of benzene rings is 1. The molecule has 0 saturated carbocycles. The summed E-state index contributed by atoms with van der Waals surface area (Å²) in [6.07, 6.45) is 1.30. The Morgan fingerprint density at radius 2 is 2.04 bits per heavy atom. The Morgan fingerprint density at radius 1 is 1.28 bits per heavy atom. The van der Waals surface area contributed by atoms with Crippen molar-refractivity contribution >= 4 is 17.5 Å². The van der Waals surface area contributed by atoms with Crippen LogP contribution in [0.5, 0.6) is 0 Å². The number of hydrogen-bond donors (Lipinski definition) is 1. The maximum absolute atomic E-state index is 13.6. The van der Waals surface area contributed by atoms with Gasteiger partial charge in [-0.25, -0.2) is 4.98 Å². The first-order valence-electron chi connectivity index (χ1n) is 8.09. The number of nitrogens with zero attached hydrogens (tertiary/aromatic N) is 2. The lowest BCUT2D eigenvalue weighted by Crippen LogP contribution is -2.44. The lowest BCUT2D eigenvalue weighted by Gasteiger charge is -2.39. The van der Waals surface area contributed by atoms with Gasteiger partial charge in [-0.2, -0.15) is 4.39 Å². The van der Waals surface area contributed by atoms with Gasteiger partial charge in [0.05, 0.1) is 5.56 Å². The second-order valence-electron chi connectivity index (χ2n) is 6.93. The van der Waals surface area contributed by atoms with E-state index in [4.69, 9.17) is 0 Å². The number of pyridine rings is 1. The SMILES string of the molecule is CC(=O)N1Cc2cc(NC(=O)c3cccnc3F)ccc2C(C)(C)C1. The van der Waals surface area contributed by atoms with E-state index in [1.165, 1.54) is 18.3 Å². The molecule has 1 aliphatic rings. The minimum atomic E-state index is -0.804. The van der Waals surface area contributed by atoms with Gasteiger partial charge in [-0.15, -0.1) is 0 Å². The van der Waals surface area contributed by atoms with E-state index in [1.54, 1.807) is 17.9 Å². The Morgan fingerprint density at radius 3 is 2.72 bits per heavy atom. The van der Waals surface area contributed by atoms with Crippen molar-refractivity contribution in [3.63, 3.8) is 0 Å². The van der Waals surface area contributed by atoms with Gasteiger partial charge in [0, 0.05) is 37.3 Å². The summed E-state index contributed by atoms with van der Waals surface area (Å²) in [7, 11) is 0. The zero-order chi connectivity index (χ0) is 18.2. The Hall–Kier alpha value is -2.76. The molecule has 25 heavy (non-hydrogen) atoms. The normalized spacial score (nSPS) is 15.4. The van der Waals surface area contributed by atoms with Crippen LogP contribution >= 0.6 is 0 Å². The molecule has 0 unspecified atom stereocenters. The standard InChI is InChI=1S/C19H20FN3O2/c1-12(24)23-10-13-9-14(6-7-16(13)19(2,3)11-23)22-18(25)15-5-4-8-21-17(15)20/h4-9H,10-11H2,1-3H3,(H,22,25). The minimum Gasteiger partial charge on any atom is -0.338 e. The van der Waals surface area contributed by atoms with Gasteiger partial charge in [-0.3, -0.25) is 9.59 Å². The summed E-state index contributed by atoms with van der Waals surface area (Å²) in [6.45, 7) is 6.88. The van der Waals surface area contributed by atoms with Gasteiger partial charge in [-0.1, -0.05) is 19.9 Å². The van der Waals surface area contributed by atoms with Crippen molar-refractivity contribution in [3.05, 3.63) is 59.2 Å². The fourth-order valence-corrected chi connectivity index (χ4v) is 3.26. The van der Waals surface area contributed by atoms with Crippen molar-refractivity contribution in [2.24, 2.45) is 0 Å². The number of fused-ring (bicyclic) bond motifs is 1. The first-order valence-corrected chi connectivity index (χ1v) is 8.09. The van der Waals surface area contributed by atoms with Gasteiger partial charge >= 0.3 is 0 Å². The van der Waals surface area contributed by atoms with Crippen molar-refractivity contribution < 1.29 is 14.0 Å². The Labute approximate surface area is 145 Å². The molecule has 3 rings (SSSR count). The van der Waals surface area contributed by atoms with Crippen molar-refractivity contribution in [2.45, 2.75) is 32.7 Å². The van der Waals surface area contributed by atoms with Gasteiger partial charge in [-0.05, 0) is 35.4 Å². The number of rotatable bonds is 2. The number of aromatic nitrogens is 1. The Kier molecular flexibility index (Phi) is 4.29. The predicted molar refractivity (Wildman–Crippen MR) is 92.7 cm³/mol. The van der Waals surface area contributed by atoms with E-state index < -0.39 is 11.9 Å². The summed E-state index contributed by atoms with van der Waals surface area (Å²) in [5.41, 5.74) is 2.42. The van der Waals surface area contributed by atoms with Gasteiger partial charge in [0.25, 0.3) is 5.91 Å². The first kappa shape index (κ1) is 17.1. The maximum atomic E-state index is 13.6. The van der Waals surface area contributed by atoms with Crippen LogP contribution < -0.4 is 5.32 Å². The molecular formula is C19H20FN3O2. The third kappa shape index (κ3) is 3.38. The van der Waals surface area contributed by atoms with Crippen LogP contribution in [0.1, 0.15) is 42.3 Å². The molecule has 0 bridgehead atoms. The molecule has 0 fully saturated rings. The minimum absolute atomic E-state index is 0.0191. The van der Waals surface area contributed by atoms with E-state index in [0.717, 1.165) is 11.1 Å². The van der Waals surface area contributed by atoms with Crippen LogP contribution in [0.4, 0.5) is 10.1 Å². The third-order valence-corrected chi connectivity index (χ3v) is 4.49. The maximum Gasteiger partial charge on any atom is 0.260 e. The highest BCUT2D eigenvalue weighted by atomic mass is 19.1. The molecule has 5 nitrogen and oxygen atoms in total. The molecule has 0 saturated heterocycles. The number of carbonyl (C=O) groups is 2. The monoisotopic (exact) mass is 341 g/mol. The van der Waals surface area contributed by atoms with E-state index in [1.807, 2.05) is 12.1 Å². The molecule has 1 aromatic carbocycles. The van der Waals surface area contributed by atoms with Crippen molar-refractivity contribution in [3.8, 4) is 0 Å². The molecule has 2 heterocycles. The fraction of sp³-hybridized carbons (Fsp3) is 0.316. The molecule has 0 spiro atoms. The van der Waals surface area contributed by atoms with Crippen LogP contribution in [-0.2, 0) is 16.8 Å². The molecule has 1 aliphatic heterocycles. The summed E-state index contributed by atoms with van der Waals surface area (Å²) in [4.78, 5) is 29.3. The molecule has 2 amide bonds. The predicted octanol–water partition coefficient (Wildman–Crippen LogP) is 3.11. The number of carbonyl (C=O) groups excluding carboxylic acids is 2. The number of halogens is 1. The van der Waals surface area contributed by atoms with E-state index in [0.29, 0.717) is 18.8 Å². The van der Waals surface area contributed by atoms with E-state index in [9.17, 15) is 14.0 Å². The zero-order valence-electron chi connectivity index (χ0n) is 14.5. The lowest BCUT2D eigenvalue weighted by atomic mass is 9.78. The molecule has 1 aromatic heterocycles. The molecule has 0 aliphatic carbocycles. The van der Waals surface area contributed by atoms with Crippen LogP contribution in [0.3, 0.4) is 0 Å². The average molecular weight is 341 g/mol. The van der Waals surface area contributed by atoms with Crippen molar-refractivity contribution in [1.29, 1.82) is 0 Å². The quantitative estimate of drug-likeness (QED) is 0.854. The van der Waals surface area contributed by atoms with Gasteiger partial charge in [0.1, 0.15) is 0 Å². The summed E-state index contributed by atoms with van der Waals surface area (Å²) >= 11 is 0. The summed E-state index contributed by atoms with van der Waals surface area (Å²) in [6, 6.07) is 8.51. The smallest absolute Gasteiger partial charge is 0.260 e. The van der Waals surface area contributed by atoms with E-state index >= 15 is 0 Å². The van der Waals surface area contributed by atoms with Gasteiger partial charge < -0.3 is 10.2 Å². The summed E-state index contributed by atoms with van der Waals surface area (Å²) < 4.78 is 13.6. The van der Waals surface area contributed by atoms with Gasteiger partial charge in [0.2, 0.25) is 11.9 Å². The Bertz CT molecular complexity index is 848. The first-order chi connectivity index (χ1) is 11.8. The fourth-order valence-electron chi connectivity index (χ4n) is 3.26. The summed E-state index contributed by atoms with van der Waals surface area (Å²) in [5, 5.41) is 2.70. The lowest BCUT2D eigenvalue weighted by molar-refractivity contribution is -0.130. The molecule has 130 valence electrons. The zero-order valence-corrected chi connectivity index (χ0v) is 14.5. The number of nitrogens with one attached hydrogen (secondary N) is 1. The topological polar surface area (TPSA) is 62.3 Å². The van der Waals surface area contributed by atoms with E-state index in [2.05, 4.69) is 24.1 Å². The second-order valence-corrected chi connectivity index (χ2v) is 6.93. The third-order valence-electron chi connectivity index (χ3n) is 4.49. The molecule has 2 aromatic rings. The number of hydrogen-bond acceptors (Lipinski definition) is 3. The van der Waals surface area contributed by atoms with Crippen LogP contribution in [0.2, 0.25) is 0 Å². The molecule has 0 atom stereocenters. The van der Waals surface area contributed by atoms with Crippen molar-refractivity contribution in [2.75, 3.05) is 11.9 Å². The largest absolute Gasteiger partial charge is 0.338 e. The van der Waals surface area contributed by atoms with Crippen LogP contribution in [0.25, 0.3) is 0 Å². The van der Waals surface area contributed by atoms with E-state index in [-0.39, 0.29) is 16.9 Å². The Balaban J connectivity index is 1.88. The average Bonchev–Trinajstić information content (AvgIpc) is 2.54. The number of anilines is 1. The van der Waals surface area contributed by atoms with Gasteiger partial charge in [0.15, 0.2) is 0 Å². The molecule has 0 radical (unpaired) electrons. The van der Waals surface area contributed by atoms with Crippen molar-refractivity contribution in [1.82, 2.24) is 9.88 Å². The van der Waals surface area contributed by atoms with Crippen LogP contribution in [0.15, 0.2) is 36.5 Å². The highest BCUT2D eigenvalue weighted by Crippen LogP contribution is 2.34. The highest BCUT2D eigenvalue weighted by molar-refractivity contribution is 6.04. The summed E-state index contributed by atoms with van der Waals surface area (Å²) in [5.74, 6) is -1.34. The second kappa shape index (κ2) is 6.27. The number of amides is 2.